The van der Waals surface area contributed by atoms with E-state index in [1.807, 2.05) is 24.3 Å². The third kappa shape index (κ3) is 4.59. The summed E-state index contributed by atoms with van der Waals surface area (Å²) in [4.78, 5) is 9.21. The van der Waals surface area contributed by atoms with E-state index in [0.29, 0.717) is 31.1 Å². The highest BCUT2D eigenvalue weighted by atomic mass is 19.1. The van der Waals surface area contributed by atoms with Gasteiger partial charge in [-0.15, -0.1) is 0 Å². The molecule has 0 fully saturated rings. The number of aliphatic hydroxyl groups excluding tert-OH is 1. The summed E-state index contributed by atoms with van der Waals surface area (Å²) in [6.07, 6.45) is 0. The standard InChI is InChI=1S/C21H24FN3O2/c1-14(2)19-13-20(25-21(24-19)23-9-11-27-12-10-26)17-7-8-18(22)16-6-4-3-5-15(16)17/h3-8,13-14,26H,9-12H2,1-2H3,(H,23,24,25). The third-order valence-corrected chi connectivity index (χ3v) is 4.25. The number of hydrogen-bond acceptors (Lipinski definition) is 5. The van der Waals surface area contributed by atoms with Gasteiger partial charge in [-0.1, -0.05) is 38.1 Å². The Morgan fingerprint density at radius 2 is 1.85 bits per heavy atom. The van der Waals surface area contributed by atoms with E-state index in [-0.39, 0.29) is 18.3 Å². The van der Waals surface area contributed by atoms with Crippen LogP contribution in [0.25, 0.3) is 22.0 Å². The maximum absolute atomic E-state index is 14.2. The van der Waals surface area contributed by atoms with Crippen molar-refractivity contribution in [1.82, 2.24) is 9.97 Å². The zero-order valence-electron chi connectivity index (χ0n) is 15.6. The molecule has 0 aliphatic heterocycles. The molecule has 0 unspecified atom stereocenters. The second-order valence-corrected chi connectivity index (χ2v) is 6.56. The normalized spacial score (nSPS) is 11.3. The molecule has 27 heavy (non-hydrogen) atoms. The molecule has 3 rings (SSSR count). The Labute approximate surface area is 158 Å². The van der Waals surface area contributed by atoms with E-state index in [1.54, 1.807) is 12.1 Å². The summed E-state index contributed by atoms with van der Waals surface area (Å²) in [5.74, 6) is 0.494. The second-order valence-electron chi connectivity index (χ2n) is 6.56. The molecule has 0 amide bonds. The van der Waals surface area contributed by atoms with Gasteiger partial charge in [0.25, 0.3) is 0 Å². The van der Waals surface area contributed by atoms with Gasteiger partial charge in [0.15, 0.2) is 0 Å². The van der Waals surface area contributed by atoms with Crippen molar-refractivity contribution >= 4 is 16.7 Å². The molecule has 0 spiro atoms. The molecule has 0 aliphatic rings. The van der Waals surface area contributed by atoms with Crippen molar-refractivity contribution in [3.63, 3.8) is 0 Å². The summed E-state index contributed by atoms with van der Waals surface area (Å²) in [5.41, 5.74) is 2.53. The molecule has 0 radical (unpaired) electrons. The van der Waals surface area contributed by atoms with Gasteiger partial charge in [0, 0.05) is 23.2 Å². The lowest BCUT2D eigenvalue weighted by Crippen LogP contribution is -2.14. The average molecular weight is 369 g/mol. The maximum atomic E-state index is 14.2. The number of hydrogen-bond donors (Lipinski definition) is 2. The molecule has 0 saturated carbocycles. The number of anilines is 1. The number of rotatable bonds is 8. The van der Waals surface area contributed by atoms with Crippen LogP contribution in [0.5, 0.6) is 0 Å². The van der Waals surface area contributed by atoms with E-state index >= 15 is 0 Å². The molecule has 1 heterocycles. The van der Waals surface area contributed by atoms with E-state index in [4.69, 9.17) is 9.84 Å². The minimum atomic E-state index is -0.244. The van der Waals surface area contributed by atoms with Crippen molar-refractivity contribution in [3.8, 4) is 11.3 Å². The Hall–Kier alpha value is -2.57. The molecule has 0 saturated heterocycles. The number of halogens is 1. The SMILES string of the molecule is CC(C)c1cc(-c2ccc(F)c3ccccc23)nc(NCCOCCO)n1. The van der Waals surface area contributed by atoms with Gasteiger partial charge in [0.1, 0.15) is 5.82 Å². The van der Waals surface area contributed by atoms with Crippen LogP contribution in [0, 0.1) is 5.82 Å². The van der Waals surface area contributed by atoms with E-state index in [1.165, 1.54) is 6.07 Å². The number of fused-ring (bicyclic) bond motifs is 1. The topological polar surface area (TPSA) is 67.3 Å². The number of nitrogens with one attached hydrogen (secondary N) is 1. The van der Waals surface area contributed by atoms with Crippen molar-refractivity contribution in [2.24, 2.45) is 0 Å². The average Bonchev–Trinajstić information content (AvgIpc) is 2.68. The molecule has 6 heteroatoms. The number of nitrogens with zero attached hydrogens (tertiary/aromatic N) is 2. The number of aliphatic hydroxyl groups is 1. The molecule has 3 aromatic rings. The number of ether oxygens (including phenoxy) is 1. The first-order valence-corrected chi connectivity index (χ1v) is 9.09. The van der Waals surface area contributed by atoms with Crippen LogP contribution in [-0.4, -0.2) is 41.4 Å². The molecule has 142 valence electrons. The first-order valence-electron chi connectivity index (χ1n) is 9.09. The largest absolute Gasteiger partial charge is 0.394 e. The van der Waals surface area contributed by atoms with Crippen LogP contribution in [-0.2, 0) is 4.74 Å². The van der Waals surface area contributed by atoms with Crippen molar-refractivity contribution in [1.29, 1.82) is 0 Å². The Morgan fingerprint density at radius 3 is 2.59 bits per heavy atom. The zero-order chi connectivity index (χ0) is 19.2. The summed E-state index contributed by atoms with van der Waals surface area (Å²) in [7, 11) is 0. The number of benzene rings is 2. The van der Waals surface area contributed by atoms with Gasteiger partial charge in [-0.05, 0) is 29.5 Å². The molecule has 2 aromatic carbocycles. The van der Waals surface area contributed by atoms with Crippen LogP contribution in [0.3, 0.4) is 0 Å². The minimum absolute atomic E-state index is 0.00111. The molecular weight excluding hydrogens is 345 g/mol. The van der Waals surface area contributed by atoms with Crippen LogP contribution in [0.2, 0.25) is 0 Å². The van der Waals surface area contributed by atoms with Crippen molar-refractivity contribution in [2.45, 2.75) is 19.8 Å². The Morgan fingerprint density at radius 1 is 1.07 bits per heavy atom. The lowest BCUT2D eigenvalue weighted by Gasteiger charge is -2.13. The van der Waals surface area contributed by atoms with Gasteiger partial charge in [0.05, 0.1) is 25.5 Å². The molecular formula is C21H24FN3O2. The highest BCUT2D eigenvalue weighted by Crippen LogP contribution is 2.31. The highest BCUT2D eigenvalue weighted by molar-refractivity contribution is 5.96. The quantitative estimate of drug-likeness (QED) is 0.588. The van der Waals surface area contributed by atoms with Gasteiger partial charge in [-0.3, -0.25) is 0 Å². The molecule has 0 aliphatic carbocycles. The summed E-state index contributed by atoms with van der Waals surface area (Å²) in [5, 5.41) is 13.3. The van der Waals surface area contributed by atoms with Gasteiger partial charge in [0.2, 0.25) is 5.95 Å². The molecule has 1 aromatic heterocycles. The Bertz CT molecular complexity index is 915. The van der Waals surface area contributed by atoms with E-state index in [9.17, 15) is 4.39 Å². The fraction of sp³-hybridized carbons (Fsp3) is 0.333. The first kappa shape index (κ1) is 19.2. The smallest absolute Gasteiger partial charge is 0.223 e. The maximum Gasteiger partial charge on any atom is 0.223 e. The van der Waals surface area contributed by atoms with Crippen molar-refractivity contribution < 1.29 is 14.2 Å². The predicted octanol–water partition coefficient (Wildman–Crippen LogP) is 3.98. The molecule has 5 nitrogen and oxygen atoms in total. The Kier molecular flexibility index (Phi) is 6.32. The Balaban J connectivity index is 1.96. The van der Waals surface area contributed by atoms with Gasteiger partial charge >= 0.3 is 0 Å². The summed E-state index contributed by atoms with van der Waals surface area (Å²) in [6.45, 7) is 5.43. The minimum Gasteiger partial charge on any atom is -0.394 e. The highest BCUT2D eigenvalue weighted by Gasteiger charge is 2.13. The summed E-state index contributed by atoms with van der Waals surface area (Å²) in [6, 6.07) is 12.6. The monoisotopic (exact) mass is 369 g/mol. The van der Waals surface area contributed by atoms with Gasteiger partial charge < -0.3 is 15.2 Å². The molecule has 2 N–H and O–H groups in total. The van der Waals surface area contributed by atoms with Crippen LogP contribution < -0.4 is 5.32 Å². The predicted molar refractivity (Wildman–Crippen MR) is 105 cm³/mol. The van der Waals surface area contributed by atoms with E-state index < -0.39 is 0 Å². The lowest BCUT2D eigenvalue weighted by atomic mass is 10.00. The summed E-state index contributed by atoms with van der Waals surface area (Å²) < 4.78 is 19.4. The zero-order valence-corrected chi connectivity index (χ0v) is 15.6. The van der Waals surface area contributed by atoms with Crippen LogP contribution in [0.4, 0.5) is 10.3 Å². The third-order valence-electron chi connectivity index (χ3n) is 4.25. The van der Waals surface area contributed by atoms with Gasteiger partial charge in [-0.2, -0.15) is 0 Å². The fourth-order valence-electron chi connectivity index (χ4n) is 2.87. The van der Waals surface area contributed by atoms with Crippen molar-refractivity contribution in [2.75, 3.05) is 31.7 Å². The first-order chi connectivity index (χ1) is 13.1. The summed E-state index contributed by atoms with van der Waals surface area (Å²) >= 11 is 0. The molecule has 0 bridgehead atoms. The molecule has 0 atom stereocenters. The van der Waals surface area contributed by atoms with Crippen molar-refractivity contribution in [3.05, 3.63) is 54.0 Å². The van der Waals surface area contributed by atoms with E-state index in [0.717, 1.165) is 22.3 Å². The van der Waals surface area contributed by atoms with Gasteiger partial charge in [-0.25, -0.2) is 14.4 Å². The van der Waals surface area contributed by atoms with E-state index in [2.05, 4.69) is 29.1 Å². The van der Waals surface area contributed by atoms with Crippen LogP contribution in [0.15, 0.2) is 42.5 Å². The number of aromatic nitrogens is 2. The fourth-order valence-corrected chi connectivity index (χ4v) is 2.87. The van der Waals surface area contributed by atoms with Crippen LogP contribution >= 0.6 is 0 Å². The lowest BCUT2D eigenvalue weighted by molar-refractivity contribution is 0.0991. The second kappa shape index (κ2) is 8.88. The van der Waals surface area contributed by atoms with Crippen LogP contribution in [0.1, 0.15) is 25.5 Å².